The lowest BCUT2D eigenvalue weighted by Gasteiger charge is -2.44. The number of para-hydroxylation sites is 1. The van der Waals surface area contributed by atoms with E-state index in [0.717, 1.165) is 50.8 Å². The van der Waals surface area contributed by atoms with Crippen molar-refractivity contribution in [2.24, 2.45) is 0 Å². The van der Waals surface area contributed by atoms with Crippen LogP contribution in [0.3, 0.4) is 0 Å². The number of benzene rings is 7. The standard InChI is InChI=1S/C51H45N3/c1-37-20-27-46(28-21-37)54(45-16-8-5-9-17-45)51(32-30-41(31-33-51)40-22-25-44(52)26-23-40)43-24-29-49(42-14-6-4-7-15-42)50(36-43)53(47-18-10-12-38(2)34-47)48-19-11-13-39(3)35-48/h4-36,41H,52H2,1-3H3. The molecule has 0 radical (unpaired) electrons. The molecule has 0 bridgehead atoms. The van der Waals surface area contributed by atoms with Crippen molar-refractivity contribution < 1.29 is 0 Å². The third-order valence-electron chi connectivity index (χ3n) is 10.4. The highest BCUT2D eigenvalue weighted by Crippen LogP contribution is 2.49. The van der Waals surface area contributed by atoms with E-state index in [1.54, 1.807) is 0 Å². The molecular weight excluding hydrogens is 655 g/mol. The first-order valence-electron chi connectivity index (χ1n) is 18.7. The second-order valence-electron chi connectivity index (χ2n) is 14.4. The van der Waals surface area contributed by atoms with Gasteiger partial charge in [0.25, 0.3) is 0 Å². The van der Waals surface area contributed by atoms with Gasteiger partial charge in [-0.3, -0.25) is 0 Å². The predicted molar refractivity (Wildman–Crippen MR) is 229 cm³/mol. The van der Waals surface area contributed by atoms with Crippen LogP contribution in [-0.2, 0) is 5.54 Å². The van der Waals surface area contributed by atoms with Gasteiger partial charge in [0.15, 0.2) is 0 Å². The number of hydrogen-bond acceptors (Lipinski definition) is 3. The molecular formula is C51H45N3. The van der Waals surface area contributed by atoms with Crippen LogP contribution in [-0.4, -0.2) is 0 Å². The number of allylic oxidation sites excluding steroid dienone is 2. The zero-order chi connectivity index (χ0) is 37.1. The Hall–Kier alpha value is -6.58. The van der Waals surface area contributed by atoms with Gasteiger partial charge in [0.1, 0.15) is 5.54 Å². The molecule has 0 amide bonds. The van der Waals surface area contributed by atoms with Gasteiger partial charge < -0.3 is 15.5 Å². The highest BCUT2D eigenvalue weighted by Gasteiger charge is 2.38. The van der Waals surface area contributed by atoms with Crippen LogP contribution in [0.4, 0.5) is 34.1 Å². The number of anilines is 6. The van der Waals surface area contributed by atoms with Gasteiger partial charge >= 0.3 is 0 Å². The third-order valence-corrected chi connectivity index (χ3v) is 10.4. The Labute approximate surface area is 320 Å². The summed E-state index contributed by atoms with van der Waals surface area (Å²) in [5.41, 5.74) is 20.0. The summed E-state index contributed by atoms with van der Waals surface area (Å²) < 4.78 is 0. The SMILES string of the molecule is Cc1ccc(N(c2ccccc2)C2(c3ccc(-c4ccccc4)c(N(c4cccc(C)c4)c4cccc(C)c4)c3)C=CC(c3ccc(N)cc3)C=C2)cc1. The molecule has 0 aromatic heterocycles. The van der Waals surface area contributed by atoms with E-state index in [0.29, 0.717) is 0 Å². The van der Waals surface area contributed by atoms with E-state index < -0.39 is 5.54 Å². The Balaban J connectivity index is 1.41. The summed E-state index contributed by atoms with van der Waals surface area (Å²) in [6.07, 6.45) is 9.48. The molecule has 0 heterocycles. The van der Waals surface area contributed by atoms with Crippen LogP contribution in [0.15, 0.2) is 200 Å². The maximum absolute atomic E-state index is 6.10. The fourth-order valence-electron chi connectivity index (χ4n) is 7.67. The predicted octanol–water partition coefficient (Wildman–Crippen LogP) is 13.3. The molecule has 2 N–H and O–H groups in total. The summed E-state index contributed by atoms with van der Waals surface area (Å²) in [6, 6.07) is 63.3. The third kappa shape index (κ3) is 6.85. The second kappa shape index (κ2) is 14.8. The van der Waals surface area contributed by atoms with Crippen molar-refractivity contribution in [1.29, 1.82) is 0 Å². The van der Waals surface area contributed by atoms with E-state index in [2.05, 4.69) is 219 Å². The van der Waals surface area contributed by atoms with Gasteiger partial charge in [-0.1, -0.05) is 139 Å². The smallest absolute Gasteiger partial charge is 0.107 e. The molecule has 0 spiro atoms. The van der Waals surface area contributed by atoms with Crippen molar-refractivity contribution in [3.63, 3.8) is 0 Å². The Morgan fingerprint density at radius 1 is 0.481 bits per heavy atom. The topological polar surface area (TPSA) is 32.5 Å². The molecule has 54 heavy (non-hydrogen) atoms. The van der Waals surface area contributed by atoms with E-state index in [-0.39, 0.29) is 5.92 Å². The van der Waals surface area contributed by atoms with Gasteiger partial charge in [-0.15, -0.1) is 0 Å². The average Bonchev–Trinajstić information content (AvgIpc) is 3.20. The lowest BCUT2D eigenvalue weighted by molar-refractivity contribution is 0.661. The lowest BCUT2D eigenvalue weighted by atomic mass is 9.78. The molecule has 0 aliphatic heterocycles. The number of nitrogens with zero attached hydrogens (tertiary/aromatic N) is 2. The van der Waals surface area contributed by atoms with Gasteiger partial charge in [-0.05, 0) is 115 Å². The van der Waals surface area contributed by atoms with Crippen molar-refractivity contribution in [3.05, 3.63) is 228 Å². The van der Waals surface area contributed by atoms with Crippen LogP contribution in [0.25, 0.3) is 11.1 Å². The Morgan fingerprint density at radius 2 is 1.04 bits per heavy atom. The van der Waals surface area contributed by atoms with Gasteiger partial charge in [0.05, 0.1) is 5.69 Å². The van der Waals surface area contributed by atoms with Crippen LogP contribution in [0.2, 0.25) is 0 Å². The van der Waals surface area contributed by atoms with E-state index >= 15 is 0 Å². The molecule has 0 unspecified atom stereocenters. The summed E-state index contributed by atoms with van der Waals surface area (Å²) in [5.74, 6) is 0.105. The highest BCUT2D eigenvalue weighted by atomic mass is 15.2. The first kappa shape index (κ1) is 34.5. The molecule has 0 fully saturated rings. The van der Waals surface area contributed by atoms with Crippen LogP contribution in [0, 0.1) is 20.8 Å². The van der Waals surface area contributed by atoms with Gasteiger partial charge in [-0.2, -0.15) is 0 Å². The fraction of sp³-hybridized carbons (Fsp3) is 0.0980. The van der Waals surface area contributed by atoms with Crippen molar-refractivity contribution >= 4 is 34.1 Å². The number of hydrogen-bond donors (Lipinski definition) is 1. The maximum atomic E-state index is 6.10. The van der Waals surface area contributed by atoms with Crippen LogP contribution >= 0.6 is 0 Å². The average molecular weight is 700 g/mol. The molecule has 1 aliphatic rings. The number of rotatable bonds is 9. The zero-order valence-corrected chi connectivity index (χ0v) is 31.1. The maximum Gasteiger partial charge on any atom is 0.107 e. The van der Waals surface area contributed by atoms with E-state index in [4.69, 9.17) is 5.73 Å². The molecule has 8 rings (SSSR count). The van der Waals surface area contributed by atoms with Crippen LogP contribution < -0.4 is 15.5 Å². The minimum atomic E-state index is -0.685. The molecule has 0 saturated heterocycles. The minimum absolute atomic E-state index is 0.105. The van der Waals surface area contributed by atoms with Crippen molar-refractivity contribution in [1.82, 2.24) is 0 Å². The molecule has 7 aromatic rings. The Morgan fingerprint density at radius 3 is 1.63 bits per heavy atom. The fourth-order valence-corrected chi connectivity index (χ4v) is 7.67. The number of nitrogens with two attached hydrogens (primary N) is 1. The minimum Gasteiger partial charge on any atom is -0.399 e. The van der Waals surface area contributed by atoms with Crippen LogP contribution in [0.5, 0.6) is 0 Å². The van der Waals surface area contributed by atoms with Gasteiger partial charge in [-0.25, -0.2) is 0 Å². The monoisotopic (exact) mass is 699 g/mol. The summed E-state index contributed by atoms with van der Waals surface area (Å²) in [6.45, 7) is 6.47. The summed E-state index contributed by atoms with van der Waals surface area (Å²) in [4.78, 5) is 4.90. The first-order chi connectivity index (χ1) is 26.4. The van der Waals surface area contributed by atoms with Crippen LogP contribution in [0.1, 0.15) is 33.7 Å². The van der Waals surface area contributed by atoms with E-state index in [9.17, 15) is 0 Å². The summed E-state index contributed by atoms with van der Waals surface area (Å²) in [5, 5.41) is 0. The van der Waals surface area contributed by atoms with E-state index in [1.165, 1.54) is 22.3 Å². The summed E-state index contributed by atoms with van der Waals surface area (Å²) >= 11 is 0. The largest absolute Gasteiger partial charge is 0.399 e. The molecule has 0 atom stereocenters. The van der Waals surface area contributed by atoms with Crippen molar-refractivity contribution in [3.8, 4) is 11.1 Å². The number of aryl methyl sites for hydroxylation is 3. The Bertz CT molecular complexity index is 2370. The molecule has 7 aromatic carbocycles. The van der Waals surface area contributed by atoms with E-state index in [1.807, 2.05) is 12.1 Å². The molecule has 3 heteroatoms. The Kier molecular flexibility index (Phi) is 9.46. The lowest BCUT2D eigenvalue weighted by Crippen LogP contribution is -2.41. The molecule has 0 saturated carbocycles. The second-order valence-corrected chi connectivity index (χ2v) is 14.4. The molecule has 264 valence electrons. The zero-order valence-electron chi connectivity index (χ0n) is 31.1. The normalized spacial score (nSPS) is 16.2. The number of nitrogen functional groups attached to an aromatic ring is 1. The first-order valence-corrected chi connectivity index (χ1v) is 18.7. The summed E-state index contributed by atoms with van der Waals surface area (Å²) in [7, 11) is 0. The molecule has 3 nitrogen and oxygen atoms in total. The van der Waals surface area contributed by atoms with Gasteiger partial charge in [0, 0.05) is 39.9 Å². The van der Waals surface area contributed by atoms with Crippen molar-refractivity contribution in [2.75, 3.05) is 15.5 Å². The highest BCUT2D eigenvalue weighted by molar-refractivity contribution is 5.89. The quantitative estimate of drug-likeness (QED) is 0.120. The van der Waals surface area contributed by atoms with Crippen molar-refractivity contribution in [2.45, 2.75) is 32.2 Å². The molecule has 1 aliphatic carbocycles. The van der Waals surface area contributed by atoms with Gasteiger partial charge in [0.2, 0.25) is 0 Å².